The lowest BCUT2D eigenvalue weighted by Gasteiger charge is -2.03. The van der Waals surface area contributed by atoms with Crippen LogP contribution in [0.4, 0.5) is 5.82 Å². The number of anilines is 1. The molecule has 4 heteroatoms. The van der Waals surface area contributed by atoms with Crippen molar-refractivity contribution in [1.29, 1.82) is 0 Å². The highest BCUT2D eigenvalue weighted by Crippen LogP contribution is 2.13. The maximum absolute atomic E-state index is 10.4. The van der Waals surface area contributed by atoms with E-state index in [1.807, 2.05) is 12.1 Å². The number of H-pyrrole nitrogens is 1. The van der Waals surface area contributed by atoms with Gasteiger partial charge in [0, 0.05) is 23.8 Å². The first-order chi connectivity index (χ1) is 7.15. The highest BCUT2D eigenvalue weighted by Gasteiger charge is 2.01. The van der Waals surface area contributed by atoms with Crippen molar-refractivity contribution in [3.63, 3.8) is 0 Å². The van der Waals surface area contributed by atoms with Crippen LogP contribution >= 0.6 is 0 Å². The number of nitrogens with one attached hydrogen (secondary N) is 1. The van der Waals surface area contributed by atoms with Crippen LogP contribution in [-0.2, 0) is 11.2 Å². The van der Waals surface area contributed by atoms with E-state index >= 15 is 0 Å². The van der Waals surface area contributed by atoms with Gasteiger partial charge in [0.15, 0.2) is 0 Å². The summed E-state index contributed by atoms with van der Waals surface area (Å²) < 4.78 is 0. The summed E-state index contributed by atoms with van der Waals surface area (Å²) >= 11 is 0. The molecule has 0 aliphatic rings. The van der Waals surface area contributed by atoms with Gasteiger partial charge in [-0.3, -0.25) is 5.73 Å². The van der Waals surface area contributed by atoms with Crippen LogP contribution in [0.5, 0.6) is 0 Å². The molecule has 0 atom stereocenters. The Hall–Kier alpha value is -2.10. The Morgan fingerprint density at radius 2 is 2.13 bits per heavy atom. The zero-order valence-electron chi connectivity index (χ0n) is 7.99. The highest BCUT2D eigenvalue weighted by atomic mass is 16.4. The van der Waals surface area contributed by atoms with E-state index in [2.05, 4.69) is 4.98 Å². The van der Waals surface area contributed by atoms with Crippen molar-refractivity contribution in [2.45, 2.75) is 6.42 Å². The van der Waals surface area contributed by atoms with Crippen LogP contribution in [0.15, 0.2) is 30.3 Å². The zero-order chi connectivity index (χ0) is 10.8. The third kappa shape index (κ3) is 2.04. The molecule has 3 N–H and O–H groups in total. The smallest absolute Gasteiger partial charge is 0.270 e. The van der Waals surface area contributed by atoms with Crippen LogP contribution in [0, 0.1) is 0 Å². The lowest BCUT2D eigenvalue weighted by atomic mass is 10.1. The first kappa shape index (κ1) is 9.45. The van der Waals surface area contributed by atoms with Gasteiger partial charge < -0.3 is 9.90 Å². The van der Waals surface area contributed by atoms with Gasteiger partial charge >= 0.3 is 0 Å². The van der Waals surface area contributed by atoms with Gasteiger partial charge in [0.05, 0.1) is 0 Å². The molecule has 0 bridgehead atoms. The monoisotopic (exact) mass is 202 g/mol. The SMILES string of the molecule is Nc1ccc2cc(CC(=O)[O-])ccc2[nH+]1. The Bertz CT molecular complexity index is 523. The fraction of sp³-hybridized carbons (Fsp3) is 0.0909. The van der Waals surface area contributed by atoms with E-state index in [1.165, 1.54) is 0 Å². The first-order valence-electron chi connectivity index (χ1n) is 4.55. The van der Waals surface area contributed by atoms with Gasteiger partial charge in [0.25, 0.3) is 5.82 Å². The second-order valence-corrected chi connectivity index (χ2v) is 3.38. The Labute approximate surface area is 86.4 Å². The molecule has 1 aromatic carbocycles. The van der Waals surface area contributed by atoms with Crippen LogP contribution in [0.25, 0.3) is 10.9 Å². The minimum Gasteiger partial charge on any atom is -0.550 e. The number of carbonyl (C=O) groups is 1. The fourth-order valence-electron chi connectivity index (χ4n) is 1.52. The molecule has 0 saturated heterocycles. The lowest BCUT2D eigenvalue weighted by Crippen LogP contribution is -2.24. The largest absolute Gasteiger partial charge is 0.550 e. The summed E-state index contributed by atoms with van der Waals surface area (Å²) in [6, 6.07) is 8.95. The van der Waals surface area contributed by atoms with E-state index in [1.54, 1.807) is 18.2 Å². The number of benzene rings is 1. The van der Waals surface area contributed by atoms with Crippen molar-refractivity contribution < 1.29 is 14.9 Å². The number of aliphatic carboxylic acids is 1. The maximum atomic E-state index is 10.4. The van der Waals surface area contributed by atoms with Gasteiger partial charge in [-0.05, 0) is 23.8 Å². The van der Waals surface area contributed by atoms with Crippen LogP contribution < -0.4 is 15.8 Å². The molecule has 4 nitrogen and oxygen atoms in total. The number of aromatic nitrogens is 1. The number of fused-ring (bicyclic) bond motifs is 1. The molecule has 0 fully saturated rings. The first-order valence-corrected chi connectivity index (χ1v) is 4.55. The summed E-state index contributed by atoms with van der Waals surface area (Å²) in [6.07, 6.45) is -0.0691. The predicted octanol–water partition coefficient (Wildman–Crippen LogP) is -0.472. The molecule has 1 heterocycles. The number of carboxylic acids is 1. The Morgan fingerprint density at radius 3 is 2.87 bits per heavy atom. The van der Waals surface area contributed by atoms with E-state index in [9.17, 15) is 9.90 Å². The molecule has 0 amide bonds. The number of nitrogen functional groups attached to an aromatic ring is 1. The molecule has 0 aliphatic heterocycles. The molecule has 2 rings (SSSR count). The minimum atomic E-state index is -1.08. The van der Waals surface area contributed by atoms with Crippen LogP contribution in [0.1, 0.15) is 5.56 Å². The van der Waals surface area contributed by atoms with Crippen molar-refractivity contribution in [3.8, 4) is 0 Å². The molecule has 76 valence electrons. The van der Waals surface area contributed by atoms with E-state index in [4.69, 9.17) is 5.73 Å². The number of hydrogen-bond donors (Lipinski definition) is 1. The maximum Gasteiger partial charge on any atom is 0.270 e. The normalized spacial score (nSPS) is 10.4. The molecule has 1 aromatic heterocycles. The van der Waals surface area contributed by atoms with Crippen LogP contribution in [-0.4, -0.2) is 5.97 Å². The second-order valence-electron chi connectivity index (χ2n) is 3.38. The summed E-state index contributed by atoms with van der Waals surface area (Å²) in [6.45, 7) is 0. The molecule has 0 aliphatic carbocycles. The summed E-state index contributed by atoms with van der Waals surface area (Å²) in [7, 11) is 0. The van der Waals surface area contributed by atoms with Crippen molar-refractivity contribution >= 4 is 22.7 Å². The molecule has 0 saturated carbocycles. The van der Waals surface area contributed by atoms with Gasteiger partial charge in [-0.15, -0.1) is 0 Å². The van der Waals surface area contributed by atoms with Crippen molar-refractivity contribution in [2.24, 2.45) is 0 Å². The van der Waals surface area contributed by atoms with Gasteiger partial charge in [-0.25, -0.2) is 4.98 Å². The molecule has 0 unspecified atom stereocenters. The quantitative estimate of drug-likeness (QED) is 0.714. The van der Waals surface area contributed by atoms with Gasteiger partial charge in [0.1, 0.15) is 5.52 Å². The standard InChI is InChI=1S/C11H10N2O2/c12-10-4-2-8-5-7(6-11(14)15)1-3-9(8)13-10/h1-5H,6H2,(H2,12,13)(H,14,15). The second kappa shape index (κ2) is 3.57. The number of carbonyl (C=O) groups excluding carboxylic acids is 1. The molecule has 15 heavy (non-hydrogen) atoms. The molecule has 2 aromatic rings. The van der Waals surface area contributed by atoms with Crippen LogP contribution in [0.3, 0.4) is 0 Å². The fourth-order valence-corrected chi connectivity index (χ4v) is 1.52. The Morgan fingerprint density at radius 1 is 1.33 bits per heavy atom. The topological polar surface area (TPSA) is 80.3 Å². The average Bonchev–Trinajstić information content (AvgIpc) is 2.17. The lowest BCUT2D eigenvalue weighted by molar-refractivity contribution is -0.326. The number of hydrogen-bond acceptors (Lipinski definition) is 3. The number of rotatable bonds is 2. The number of carboxylic acid groups (broad SMARTS) is 1. The summed E-state index contributed by atoms with van der Waals surface area (Å²) in [4.78, 5) is 13.4. The van der Waals surface area contributed by atoms with Gasteiger partial charge in [-0.1, -0.05) is 6.07 Å². The Kier molecular flexibility index (Phi) is 2.25. The number of nitrogens with two attached hydrogens (primary N) is 1. The Balaban J connectivity index is 2.47. The van der Waals surface area contributed by atoms with Crippen molar-refractivity contribution in [2.75, 3.05) is 5.73 Å². The van der Waals surface area contributed by atoms with E-state index in [0.29, 0.717) is 5.82 Å². The van der Waals surface area contributed by atoms with Crippen molar-refractivity contribution in [3.05, 3.63) is 35.9 Å². The third-order valence-electron chi connectivity index (χ3n) is 2.19. The van der Waals surface area contributed by atoms with Crippen molar-refractivity contribution in [1.82, 2.24) is 0 Å². The van der Waals surface area contributed by atoms with E-state index in [-0.39, 0.29) is 6.42 Å². The molecular formula is C11H10N2O2. The number of aromatic amines is 1. The zero-order valence-corrected chi connectivity index (χ0v) is 7.99. The average molecular weight is 202 g/mol. The summed E-state index contributed by atoms with van der Waals surface area (Å²) in [5.41, 5.74) is 7.19. The molecule has 0 radical (unpaired) electrons. The highest BCUT2D eigenvalue weighted by molar-refractivity contribution is 5.78. The van der Waals surface area contributed by atoms with Gasteiger partial charge in [0.2, 0.25) is 0 Å². The molecule has 0 spiro atoms. The minimum absolute atomic E-state index is 0.0691. The summed E-state index contributed by atoms with van der Waals surface area (Å²) in [5, 5.41) is 11.4. The van der Waals surface area contributed by atoms with Gasteiger partial charge in [-0.2, -0.15) is 0 Å². The number of pyridine rings is 1. The van der Waals surface area contributed by atoms with E-state index < -0.39 is 5.97 Å². The summed E-state index contributed by atoms with van der Waals surface area (Å²) in [5.74, 6) is -0.496. The third-order valence-corrected chi connectivity index (χ3v) is 2.19. The van der Waals surface area contributed by atoms with E-state index in [0.717, 1.165) is 16.5 Å². The molecular weight excluding hydrogens is 192 g/mol. The predicted molar refractivity (Wildman–Crippen MR) is 53.6 cm³/mol. The van der Waals surface area contributed by atoms with Crippen LogP contribution in [0.2, 0.25) is 0 Å².